The molecule has 1 unspecified atom stereocenters. The molecular formula is C19H25BrN2O5. The topological polar surface area (TPSA) is 95.9 Å². The maximum atomic E-state index is 12.7. The molecule has 2 amide bonds. The van der Waals surface area contributed by atoms with Crippen LogP contribution in [0.4, 0.5) is 5.69 Å². The smallest absolute Gasteiger partial charge is 0.303 e. The zero-order valence-corrected chi connectivity index (χ0v) is 17.3. The third-order valence-corrected chi connectivity index (χ3v) is 5.09. The lowest BCUT2D eigenvalue weighted by atomic mass is 9.86. The fraction of sp³-hybridized carbons (Fsp3) is 0.526. The van der Waals surface area contributed by atoms with E-state index < -0.39 is 11.4 Å². The first-order valence-electron chi connectivity index (χ1n) is 8.87. The Kier molecular flexibility index (Phi) is 7.00. The first kappa shape index (κ1) is 21.4. The van der Waals surface area contributed by atoms with E-state index in [9.17, 15) is 14.4 Å². The summed E-state index contributed by atoms with van der Waals surface area (Å²) in [6.07, 6.45) is 1.05. The van der Waals surface area contributed by atoms with Gasteiger partial charge in [-0.25, -0.2) is 0 Å². The molecule has 2 aliphatic heterocycles. The molecule has 1 saturated heterocycles. The molecule has 1 aromatic rings. The van der Waals surface area contributed by atoms with E-state index in [4.69, 9.17) is 9.84 Å². The molecule has 2 aliphatic rings. The van der Waals surface area contributed by atoms with Crippen LogP contribution in [-0.2, 0) is 24.5 Å². The normalized spacial score (nSPS) is 19.9. The van der Waals surface area contributed by atoms with Gasteiger partial charge in [0.2, 0.25) is 11.8 Å². The van der Waals surface area contributed by atoms with E-state index in [1.165, 1.54) is 0 Å². The van der Waals surface area contributed by atoms with Crippen molar-refractivity contribution in [1.82, 2.24) is 5.32 Å². The summed E-state index contributed by atoms with van der Waals surface area (Å²) in [5.41, 5.74) is 1.15. The Morgan fingerprint density at radius 1 is 1.41 bits per heavy atom. The monoisotopic (exact) mass is 440 g/mol. The fourth-order valence-electron chi connectivity index (χ4n) is 3.03. The molecule has 2 N–H and O–H groups in total. The number of carboxylic acid groups (broad SMARTS) is 1. The Hall–Kier alpha value is -1.93. The Bertz CT molecular complexity index is 729. The highest BCUT2D eigenvalue weighted by atomic mass is 79.9. The molecule has 0 aromatic heterocycles. The van der Waals surface area contributed by atoms with Gasteiger partial charge in [0, 0.05) is 23.2 Å². The SMILES string of the molecule is CC1(C)C(=O)N(CC(=O)NC2CCOC2)c2ccc(Br)cc21.CCC(=O)O. The van der Waals surface area contributed by atoms with E-state index in [-0.39, 0.29) is 30.8 Å². The van der Waals surface area contributed by atoms with Gasteiger partial charge in [0.25, 0.3) is 0 Å². The number of amides is 2. The second kappa shape index (κ2) is 8.84. The van der Waals surface area contributed by atoms with E-state index in [0.717, 1.165) is 22.1 Å². The van der Waals surface area contributed by atoms with Crippen LogP contribution < -0.4 is 10.2 Å². The van der Waals surface area contributed by atoms with Gasteiger partial charge in [0.1, 0.15) is 6.54 Å². The average Bonchev–Trinajstić information content (AvgIpc) is 3.17. The molecule has 7 nitrogen and oxygen atoms in total. The van der Waals surface area contributed by atoms with Gasteiger partial charge >= 0.3 is 5.97 Å². The summed E-state index contributed by atoms with van der Waals surface area (Å²) in [5.74, 6) is -0.932. The number of hydrogen-bond acceptors (Lipinski definition) is 4. The molecule has 1 aromatic carbocycles. The minimum absolute atomic E-state index is 0.0431. The number of nitrogens with one attached hydrogen (secondary N) is 1. The van der Waals surface area contributed by atoms with Gasteiger partial charge in [-0.1, -0.05) is 22.9 Å². The Balaban J connectivity index is 0.000000465. The Morgan fingerprint density at radius 3 is 2.63 bits per heavy atom. The van der Waals surface area contributed by atoms with Crippen LogP contribution in [0.25, 0.3) is 0 Å². The predicted octanol–water partition coefficient (Wildman–Crippen LogP) is 2.46. The molecule has 0 saturated carbocycles. The van der Waals surface area contributed by atoms with Crippen molar-refractivity contribution in [2.75, 3.05) is 24.7 Å². The lowest BCUT2D eigenvalue weighted by molar-refractivity contribution is -0.136. The number of carbonyl (C=O) groups is 3. The van der Waals surface area contributed by atoms with Crippen molar-refractivity contribution < 1.29 is 24.2 Å². The summed E-state index contributed by atoms with van der Waals surface area (Å²) >= 11 is 3.44. The third-order valence-electron chi connectivity index (χ3n) is 4.60. The highest BCUT2D eigenvalue weighted by Crippen LogP contribution is 2.42. The van der Waals surface area contributed by atoms with Gasteiger partial charge in [-0.3, -0.25) is 14.4 Å². The first-order valence-corrected chi connectivity index (χ1v) is 9.67. The van der Waals surface area contributed by atoms with Crippen LogP contribution in [0.15, 0.2) is 22.7 Å². The van der Waals surface area contributed by atoms with E-state index in [0.29, 0.717) is 13.2 Å². The zero-order chi connectivity index (χ0) is 20.2. The number of anilines is 1. The van der Waals surface area contributed by atoms with Gasteiger partial charge in [-0.05, 0) is 44.0 Å². The first-order chi connectivity index (χ1) is 12.7. The molecule has 0 bridgehead atoms. The number of hydrogen-bond donors (Lipinski definition) is 2. The van der Waals surface area contributed by atoms with Crippen LogP contribution in [0.5, 0.6) is 0 Å². The number of aliphatic carboxylic acids is 1. The van der Waals surface area contributed by atoms with Crippen LogP contribution in [0.1, 0.15) is 39.2 Å². The molecule has 1 fully saturated rings. The highest BCUT2D eigenvalue weighted by molar-refractivity contribution is 9.10. The summed E-state index contributed by atoms with van der Waals surface area (Å²) in [5, 5.41) is 10.7. The lowest BCUT2D eigenvalue weighted by Gasteiger charge is -2.21. The summed E-state index contributed by atoms with van der Waals surface area (Å²) in [6.45, 7) is 6.66. The molecular weight excluding hydrogens is 416 g/mol. The number of halogens is 1. The van der Waals surface area contributed by atoms with Gasteiger partial charge in [-0.15, -0.1) is 0 Å². The maximum Gasteiger partial charge on any atom is 0.303 e. The molecule has 27 heavy (non-hydrogen) atoms. The van der Waals surface area contributed by atoms with Crippen LogP contribution in [0, 0.1) is 0 Å². The van der Waals surface area contributed by atoms with Gasteiger partial charge in [0.15, 0.2) is 0 Å². The van der Waals surface area contributed by atoms with E-state index in [1.807, 2.05) is 32.0 Å². The summed E-state index contributed by atoms with van der Waals surface area (Å²) < 4.78 is 6.18. The largest absolute Gasteiger partial charge is 0.481 e. The van der Waals surface area contributed by atoms with Crippen LogP contribution in [0.2, 0.25) is 0 Å². The van der Waals surface area contributed by atoms with Crippen LogP contribution >= 0.6 is 15.9 Å². The van der Waals surface area contributed by atoms with Gasteiger partial charge < -0.3 is 20.1 Å². The second-order valence-corrected chi connectivity index (χ2v) is 7.97. The number of benzene rings is 1. The molecule has 3 rings (SSSR count). The summed E-state index contributed by atoms with van der Waals surface area (Å²) in [7, 11) is 0. The van der Waals surface area contributed by atoms with E-state index in [1.54, 1.807) is 11.8 Å². The van der Waals surface area contributed by atoms with Crippen molar-refractivity contribution in [2.24, 2.45) is 0 Å². The molecule has 1 atom stereocenters. The van der Waals surface area contributed by atoms with Crippen LogP contribution in [-0.4, -0.2) is 48.7 Å². The molecule has 0 aliphatic carbocycles. The van der Waals surface area contributed by atoms with Gasteiger partial charge in [-0.2, -0.15) is 0 Å². The highest BCUT2D eigenvalue weighted by Gasteiger charge is 2.44. The minimum atomic E-state index is -0.745. The standard InChI is InChI=1S/C16H19BrN2O3.C3H6O2/c1-16(2)12-7-10(17)3-4-13(12)19(15(16)21)8-14(20)18-11-5-6-22-9-11;1-2-3(4)5/h3-4,7,11H,5-6,8-9H2,1-2H3,(H,18,20);2H2,1H3,(H,4,5). The number of ether oxygens (including phenoxy) is 1. The number of nitrogens with zero attached hydrogens (tertiary/aromatic N) is 1. The van der Waals surface area contributed by atoms with Crippen molar-refractivity contribution >= 4 is 39.4 Å². The van der Waals surface area contributed by atoms with Gasteiger partial charge in [0.05, 0.1) is 18.1 Å². The second-order valence-electron chi connectivity index (χ2n) is 7.05. The zero-order valence-electron chi connectivity index (χ0n) is 15.8. The maximum absolute atomic E-state index is 12.7. The van der Waals surface area contributed by atoms with E-state index >= 15 is 0 Å². The Morgan fingerprint density at radius 2 is 2.07 bits per heavy atom. The van der Waals surface area contributed by atoms with Crippen LogP contribution in [0.3, 0.4) is 0 Å². The fourth-order valence-corrected chi connectivity index (χ4v) is 3.39. The molecule has 148 valence electrons. The number of carbonyl (C=O) groups excluding carboxylic acids is 2. The number of carboxylic acids is 1. The van der Waals surface area contributed by atoms with Crippen molar-refractivity contribution in [2.45, 2.75) is 45.1 Å². The summed E-state index contributed by atoms with van der Waals surface area (Å²) in [4.78, 5) is 35.8. The predicted molar refractivity (Wildman–Crippen MR) is 105 cm³/mol. The average molecular weight is 441 g/mol. The Labute approximate surface area is 167 Å². The van der Waals surface area contributed by atoms with Crippen molar-refractivity contribution in [1.29, 1.82) is 0 Å². The lowest BCUT2D eigenvalue weighted by Crippen LogP contribution is -2.45. The number of rotatable bonds is 4. The minimum Gasteiger partial charge on any atom is -0.481 e. The molecule has 0 radical (unpaired) electrons. The molecule has 8 heteroatoms. The molecule has 0 spiro atoms. The van der Waals surface area contributed by atoms with Crippen molar-refractivity contribution in [3.63, 3.8) is 0 Å². The quantitative estimate of drug-likeness (QED) is 0.749. The summed E-state index contributed by atoms with van der Waals surface area (Å²) in [6, 6.07) is 5.79. The van der Waals surface area contributed by atoms with Crippen molar-refractivity contribution in [3.8, 4) is 0 Å². The molecule has 2 heterocycles. The van der Waals surface area contributed by atoms with E-state index in [2.05, 4.69) is 21.2 Å². The number of fused-ring (bicyclic) bond motifs is 1. The third kappa shape index (κ3) is 5.07. The van der Waals surface area contributed by atoms with Crippen molar-refractivity contribution in [3.05, 3.63) is 28.2 Å².